The molecule has 6 nitrogen and oxygen atoms in total. The Balaban J connectivity index is 1.70. The van der Waals surface area contributed by atoms with Crippen molar-refractivity contribution in [2.75, 3.05) is 5.32 Å². The summed E-state index contributed by atoms with van der Waals surface area (Å²) in [6.45, 7) is 0.384. The van der Waals surface area contributed by atoms with Crippen molar-refractivity contribution in [2.24, 2.45) is 0 Å². The van der Waals surface area contributed by atoms with E-state index >= 15 is 0 Å². The van der Waals surface area contributed by atoms with Gasteiger partial charge in [-0.3, -0.25) is 9.78 Å². The molecule has 2 aromatic heterocycles. The number of hydrogen-bond acceptors (Lipinski definition) is 3. The van der Waals surface area contributed by atoms with Crippen molar-refractivity contribution in [1.82, 2.24) is 15.3 Å². The van der Waals surface area contributed by atoms with Gasteiger partial charge in [-0.2, -0.15) is 0 Å². The van der Waals surface area contributed by atoms with E-state index in [0.717, 1.165) is 16.7 Å². The van der Waals surface area contributed by atoms with Crippen LogP contribution < -0.4 is 16.2 Å². The van der Waals surface area contributed by atoms with E-state index in [2.05, 4.69) is 20.6 Å². The Bertz CT molecular complexity index is 876. The molecule has 0 saturated heterocycles. The number of benzene rings is 1. The number of urea groups is 1. The molecule has 0 radical (unpaired) electrons. The third-order valence-electron chi connectivity index (χ3n) is 3.46. The molecule has 3 aromatic rings. The zero-order valence-electron chi connectivity index (χ0n) is 12.8. The molecule has 2 heterocycles. The number of amides is 2. The average Bonchev–Trinajstić information content (AvgIpc) is 2.63. The minimum atomic E-state index is -0.434. The number of hydrogen-bond donors (Lipinski definition) is 3. The smallest absolute Gasteiger partial charge is 0.319 e. The first-order valence-electron chi connectivity index (χ1n) is 7.44. The summed E-state index contributed by atoms with van der Waals surface area (Å²) in [5.41, 5.74) is 2.49. The molecule has 1 aromatic carbocycles. The summed E-state index contributed by atoms with van der Waals surface area (Å²) < 4.78 is 0. The van der Waals surface area contributed by atoms with Crippen molar-refractivity contribution in [2.45, 2.75) is 6.54 Å². The Kier molecular flexibility index (Phi) is 4.67. The molecule has 3 rings (SSSR count). The second-order valence-electron chi connectivity index (χ2n) is 5.16. The maximum atomic E-state index is 12.0. The maximum absolute atomic E-state index is 12.0. The fraction of sp³-hybridized carbons (Fsp3) is 0.0556. The number of pyridine rings is 2. The van der Waals surface area contributed by atoms with Crippen LogP contribution in [0.4, 0.5) is 10.5 Å². The largest absolute Gasteiger partial charge is 0.334 e. The Labute approximate surface area is 138 Å². The van der Waals surface area contributed by atoms with Gasteiger partial charge in [-0.1, -0.05) is 30.3 Å². The summed E-state index contributed by atoms with van der Waals surface area (Å²) >= 11 is 0. The summed E-state index contributed by atoms with van der Waals surface area (Å²) in [7, 11) is 0. The molecule has 0 unspecified atom stereocenters. The topological polar surface area (TPSA) is 86.9 Å². The minimum Gasteiger partial charge on any atom is -0.334 e. The van der Waals surface area contributed by atoms with E-state index in [0.29, 0.717) is 6.54 Å². The third-order valence-corrected chi connectivity index (χ3v) is 3.46. The lowest BCUT2D eigenvalue weighted by atomic mass is 10.1. The molecule has 120 valence electrons. The average molecular weight is 320 g/mol. The lowest BCUT2D eigenvalue weighted by molar-refractivity contribution is 0.251. The summed E-state index contributed by atoms with van der Waals surface area (Å²) in [4.78, 5) is 30.5. The molecule has 0 atom stereocenters. The molecule has 0 fully saturated rings. The van der Waals surface area contributed by atoms with Crippen LogP contribution >= 0.6 is 0 Å². The van der Waals surface area contributed by atoms with Crippen molar-refractivity contribution in [3.8, 4) is 11.1 Å². The number of nitrogens with one attached hydrogen (secondary N) is 3. The van der Waals surface area contributed by atoms with E-state index in [1.54, 1.807) is 24.7 Å². The number of anilines is 1. The molecule has 0 aliphatic heterocycles. The summed E-state index contributed by atoms with van der Waals surface area (Å²) in [6, 6.07) is 14.4. The van der Waals surface area contributed by atoms with Crippen LogP contribution in [0.25, 0.3) is 11.1 Å². The minimum absolute atomic E-state index is 0.190. The van der Waals surface area contributed by atoms with Gasteiger partial charge in [0.05, 0.1) is 0 Å². The number of H-pyrrole nitrogens is 1. The molecule has 2 amide bonds. The van der Waals surface area contributed by atoms with Gasteiger partial charge in [0, 0.05) is 30.7 Å². The van der Waals surface area contributed by atoms with Crippen LogP contribution in [0.3, 0.4) is 0 Å². The van der Waals surface area contributed by atoms with Gasteiger partial charge in [0.2, 0.25) is 0 Å². The molecular formula is C18H16N4O2. The monoisotopic (exact) mass is 320 g/mol. The Hall–Kier alpha value is -3.41. The number of aromatic amines is 1. The van der Waals surface area contributed by atoms with Crippen LogP contribution in [0.2, 0.25) is 0 Å². The normalized spacial score (nSPS) is 10.2. The number of nitrogens with zero attached hydrogens (tertiary/aromatic N) is 1. The lowest BCUT2D eigenvalue weighted by Gasteiger charge is -2.08. The highest BCUT2D eigenvalue weighted by atomic mass is 16.2. The SMILES string of the molecule is O=C(NCc1ccccc1)Nc1cc(-c2ccncc2)c[nH]c1=O. The van der Waals surface area contributed by atoms with Crippen molar-refractivity contribution >= 4 is 11.7 Å². The molecule has 0 saturated carbocycles. The molecule has 6 heteroatoms. The van der Waals surface area contributed by atoms with Gasteiger partial charge in [0.25, 0.3) is 5.56 Å². The van der Waals surface area contributed by atoms with Crippen LogP contribution in [-0.4, -0.2) is 16.0 Å². The van der Waals surface area contributed by atoms with Gasteiger partial charge >= 0.3 is 6.03 Å². The van der Waals surface area contributed by atoms with Gasteiger partial charge in [0.1, 0.15) is 5.69 Å². The third kappa shape index (κ3) is 3.86. The van der Waals surface area contributed by atoms with E-state index in [4.69, 9.17) is 0 Å². The van der Waals surface area contributed by atoms with Crippen molar-refractivity contribution < 1.29 is 4.79 Å². The van der Waals surface area contributed by atoms with Crippen molar-refractivity contribution in [3.05, 3.63) is 83.0 Å². The van der Waals surface area contributed by atoms with Gasteiger partial charge in [0.15, 0.2) is 0 Å². The Morgan fingerprint density at radius 3 is 2.54 bits per heavy atom. The van der Waals surface area contributed by atoms with Crippen LogP contribution in [0, 0.1) is 0 Å². The quantitative estimate of drug-likeness (QED) is 0.691. The summed E-state index contributed by atoms with van der Waals surface area (Å²) in [5.74, 6) is 0. The number of carbonyl (C=O) groups is 1. The summed E-state index contributed by atoms with van der Waals surface area (Å²) in [6.07, 6.45) is 4.94. The zero-order chi connectivity index (χ0) is 16.8. The lowest BCUT2D eigenvalue weighted by Crippen LogP contribution is -2.30. The Morgan fingerprint density at radius 2 is 1.79 bits per heavy atom. The van der Waals surface area contributed by atoms with Crippen LogP contribution in [0.1, 0.15) is 5.56 Å². The van der Waals surface area contributed by atoms with Gasteiger partial charge < -0.3 is 15.6 Å². The maximum Gasteiger partial charge on any atom is 0.319 e. The highest BCUT2D eigenvalue weighted by Crippen LogP contribution is 2.18. The number of rotatable bonds is 4. The molecule has 0 aliphatic rings. The van der Waals surface area contributed by atoms with Crippen molar-refractivity contribution in [3.63, 3.8) is 0 Å². The van der Waals surface area contributed by atoms with Gasteiger partial charge in [-0.05, 0) is 29.3 Å². The molecular weight excluding hydrogens is 304 g/mol. The second-order valence-corrected chi connectivity index (χ2v) is 5.16. The van der Waals surface area contributed by atoms with E-state index in [-0.39, 0.29) is 11.2 Å². The molecule has 24 heavy (non-hydrogen) atoms. The molecule has 0 bridgehead atoms. The highest BCUT2D eigenvalue weighted by Gasteiger charge is 2.07. The van der Waals surface area contributed by atoms with Crippen molar-refractivity contribution in [1.29, 1.82) is 0 Å². The summed E-state index contributed by atoms with van der Waals surface area (Å²) in [5, 5.41) is 5.30. The molecule has 3 N–H and O–H groups in total. The van der Waals surface area contributed by atoms with Crippen LogP contribution in [0.15, 0.2) is 71.9 Å². The van der Waals surface area contributed by atoms with Crippen LogP contribution in [0.5, 0.6) is 0 Å². The van der Waals surface area contributed by atoms with E-state index in [1.807, 2.05) is 42.5 Å². The predicted octanol–water partition coefficient (Wildman–Crippen LogP) is 2.76. The Morgan fingerprint density at radius 1 is 1.04 bits per heavy atom. The first-order valence-corrected chi connectivity index (χ1v) is 7.44. The zero-order valence-corrected chi connectivity index (χ0v) is 12.8. The predicted molar refractivity (Wildman–Crippen MR) is 92.6 cm³/mol. The molecule has 0 spiro atoms. The highest BCUT2D eigenvalue weighted by molar-refractivity contribution is 5.89. The van der Waals surface area contributed by atoms with Gasteiger partial charge in [-0.25, -0.2) is 4.79 Å². The fourth-order valence-corrected chi connectivity index (χ4v) is 2.23. The molecule has 0 aliphatic carbocycles. The second kappa shape index (κ2) is 7.23. The van der Waals surface area contributed by atoms with E-state index in [1.165, 1.54) is 0 Å². The van der Waals surface area contributed by atoms with Crippen LogP contribution in [-0.2, 0) is 6.54 Å². The standard InChI is InChI=1S/C18H16N4O2/c23-17-16(10-15(12-20-17)14-6-8-19-9-7-14)22-18(24)21-11-13-4-2-1-3-5-13/h1-10,12H,11H2,(H,20,23)(H2,21,22,24). The van der Waals surface area contributed by atoms with E-state index < -0.39 is 6.03 Å². The number of carbonyl (C=O) groups excluding carboxylic acids is 1. The number of aromatic nitrogens is 2. The van der Waals surface area contributed by atoms with E-state index in [9.17, 15) is 9.59 Å². The van der Waals surface area contributed by atoms with Gasteiger partial charge in [-0.15, -0.1) is 0 Å². The fourth-order valence-electron chi connectivity index (χ4n) is 2.23. The first kappa shape index (κ1) is 15.5. The first-order chi connectivity index (χ1) is 11.7.